The predicted octanol–water partition coefficient (Wildman–Crippen LogP) is 8.58. The highest BCUT2D eigenvalue weighted by Gasteiger charge is 2.22. The number of aryl methyl sites for hydroxylation is 3. The van der Waals surface area contributed by atoms with E-state index >= 15 is 0 Å². The van der Waals surface area contributed by atoms with Crippen LogP contribution in [0.3, 0.4) is 0 Å². The number of benzene rings is 4. The van der Waals surface area contributed by atoms with Crippen molar-refractivity contribution >= 4 is 10.8 Å². The van der Waals surface area contributed by atoms with Crippen LogP contribution in [-0.2, 0) is 12.5 Å². The van der Waals surface area contributed by atoms with Crippen LogP contribution in [0, 0.1) is 13.8 Å². The normalized spacial score (nSPS) is 11.7. The van der Waals surface area contributed by atoms with Crippen LogP contribution >= 0.6 is 0 Å². The van der Waals surface area contributed by atoms with Crippen LogP contribution in [0.15, 0.2) is 97.2 Å². The molecule has 0 aliphatic carbocycles. The van der Waals surface area contributed by atoms with Crippen molar-refractivity contribution in [2.24, 2.45) is 7.05 Å². The first-order chi connectivity index (χ1) is 16.7. The zero-order valence-corrected chi connectivity index (χ0v) is 21.7. The van der Waals surface area contributed by atoms with Crippen molar-refractivity contribution in [2.75, 3.05) is 0 Å². The third kappa shape index (κ3) is 4.28. The SMILES string of the molecule is Cc1c[n+](C)c(-c2ccc(-c3ccccc3)cc2)cc1-c1cc(C(C)(C)C)c2ccccc2c1C. The lowest BCUT2D eigenvalue weighted by atomic mass is 9.80. The monoisotopic (exact) mass is 456 g/mol. The second-order valence-corrected chi connectivity index (χ2v) is 10.7. The Hall–Kier alpha value is -3.71. The van der Waals surface area contributed by atoms with Gasteiger partial charge >= 0.3 is 0 Å². The largest absolute Gasteiger partial charge is 0.212 e. The third-order valence-corrected chi connectivity index (χ3v) is 7.17. The Labute approximate surface area is 209 Å². The van der Waals surface area contributed by atoms with E-state index in [1.165, 1.54) is 61.0 Å². The lowest BCUT2D eigenvalue weighted by Gasteiger charge is -2.24. The van der Waals surface area contributed by atoms with Gasteiger partial charge in [-0.05, 0) is 81.6 Å². The van der Waals surface area contributed by atoms with Gasteiger partial charge in [-0.15, -0.1) is 0 Å². The average Bonchev–Trinajstić information content (AvgIpc) is 2.85. The summed E-state index contributed by atoms with van der Waals surface area (Å²) < 4.78 is 2.25. The zero-order valence-electron chi connectivity index (χ0n) is 21.7. The van der Waals surface area contributed by atoms with Gasteiger partial charge in [0.05, 0.1) is 0 Å². The van der Waals surface area contributed by atoms with E-state index in [0.29, 0.717) is 0 Å². The topological polar surface area (TPSA) is 3.88 Å². The first-order valence-electron chi connectivity index (χ1n) is 12.4. The molecule has 35 heavy (non-hydrogen) atoms. The van der Waals surface area contributed by atoms with Gasteiger partial charge in [0, 0.05) is 17.2 Å². The highest BCUT2D eigenvalue weighted by molar-refractivity contribution is 5.95. The van der Waals surface area contributed by atoms with E-state index in [2.05, 4.69) is 143 Å². The van der Waals surface area contributed by atoms with Crippen LogP contribution in [0.25, 0.3) is 44.3 Å². The molecule has 4 aromatic carbocycles. The van der Waals surface area contributed by atoms with Crippen molar-refractivity contribution in [3.63, 3.8) is 0 Å². The fourth-order valence-corrected chi connectivity index (χ4v) is 5.24. The molecule has 0 fully saturated rings. The fourth-order valence-electron chi connectivity index (χ4n) is 5.24. The van der Waals surface area contributed by atoms with Crippen LogP contribution in [0.4, 0.5) is 0 Å². The standard InChI is InChI=1S/C34H34N/c1-23-22-35(6)33(27-18-16-26(17-19-27)25-12-8-7-9-13-25)21-30(23)31-20-32(34(3,4)5)29-15-11-10-14-28(29)24(31)2/h7-22H,1-6H3/q+1. The number of rotatable bonds is 3. The summed E-state index contributed by atoms with van der Waals surface area (Å²) in [4.78, 5) is 0. The minimum absolute atomic E-state index is 0.0610. The van der Waals surface area contributed by atoms with E-state index in [1.54, 1.807) is 0 Å². The molecule has 0 radical (unpaired) electrons. The molecule has 174 valence electrons. The van der Waals surface area contributed by atoms with Gasteiger partial charge in [-0.1, -0.05) is 87.5 Å². The quantitative estimate of drug-likeness (QED) is 0.239. The maximum absolute atomic E-state index is 2.43. The molecule has 5 rings (SSSR count). The molecule has 0 aliphatic rings. The van der Waals surface area contributed by atoms with Crippen molar-refractivity contribution in [1.29, 1.82) is 0 Å². The van der Waals surface area contributed by atoms with E-state index in [-0.39, 0.29) is 5.41 Å². The van der Waals surface area contributed by atoms with Gasteiger partial charge in [-0.2, -0.15) is 0 Å². The summed E-state index contributed by atoms with van der Waals surface area (Å²) in [6.07, 6.45) is 2.27. The summed E-state index contributed by atoms with van der Waals surface area (Å²) in [5, 5.41) is 2.70. The molecule has 1 aromatic heterocycles. The van der Waals surface area contributed by atoms with Crippen molar-refractivity contribution in [3.8, 4) is 33.5 Å². The smallest absolute Gasteiger partial charge is 0.201 e. The van der Waals surface area contributed by atoms with Gasteiger partial charge in [0.15, 0.2) is 6.20 Å². The molecule has 0 bridgehead atoms. The molecule has 0 aliphatic heterocycles. The number of hydrogen-bond acceptors (Lipinski definition) is 0. The minimum atomic E-state index is 0.0610. The molecule has 1 heteroatoms. The molecule has 1 nitrogen and oxygen atoms in total. The van der Waals surface area contributed by atoms with E-state index in [0.717, 1.165) is 0 Å². The molecule has 5 aromatic rings. The van der Waals surface area contributed by atoms with Crippen molar-refractivity contribution < 1.29 is 4.57 Å². The predicted molar refractivity (Wildman–Crippen MR) is 150 cm³/mol. The first-order valence-corrected chi connectivity index (χ1v) is 12.4. The fraction of sp³-hybridized carbons (Fsp3) is 0.206. The van der Waals surface area contributed by atoms with Crippen molar-refractivity contribution in [2.45, 2.75) is 40.0 Å². The summed E-state index contributed by atoms with van der Waals surface area (Å²) in [5.41, 5.74) is 11.7. The van der Waals surface area contributed by atoms with Gasteiger partial charge in [0.1, 0.15) is 7.05 Å². The second-order valence-electron chi connectivity index (χ2n) is 10.7. The summed E-state index contributed by atoms with van der Waals surface area (Å²) in [6.45, 7) is 11.4. The summed E-state index contributed by atoms with van der Waals surface area (Å²) in [7, 11) is 2.14. The highest BCUT2D eigenvalue weighted by atomic mass is 14.9. The molecule has 0 saturated carbocycles. The van der Waals surface area contributed by atoms with Crippen LogP contribution in [-0.4, -0.2) is 0 Å². The number of nitrogens with zero attached hydrogens (tertiary/aromatic N) is 1. The maximum Gasteiger partial charge on any atom is 0.212 e. The van der Waals surface area contributed by atoms with Gasteiger partial charge in [-0.3, -0.25) is 0 Å². The molecular weight excluding hydrogens is 422 g/mol. The Morgan fingerprint density at radius 2 is 1.17 bits per heavy atom. The Morgan fingerprint density at radius 3 is 1.83 bits per heavy atom. The van der Waals surface area contributed by atoms with Crippen molar-refractivity contribution in [1.82, 2.24) is 0 Å². The molecular formula is C34H34N+. The summed E-state index contributed by atoms with van der Waals surface area (Å²) in [5.74, 6) is 0. The lowest BCUT2D eigenvalue weighted by Crippen LogP contribution is -2.31. The third-order valence-electron chi connectivity index (χ3n) is 7.17. The number of hydrogen-bond donors (Lipinski definition) is 0. The van der Waals surface area contributed by atoms with E-state index in [1.807, 2.05) is 0 Å². The van der Waals surface area contributed by atoms with Crippen LogP contribution in [0.2, 0.25) is 0 Å². The van der Waals surface area contributed by atoms with E-state index in [4.69, 9.17) is 0 Å². The average molecular weight is 457 g/mol. The molecule has 0 unspecified atom stereocenters. The van der Waals surface area contributed by atoms with Gasteiger partial charge in [-0.25, -0.2) is 4.57 Å². The van der Waals surface area contributed by atoms with Gasteiger partial charge in [0.2, 0.25) is 5.69 Å². The molecule has 0 saturated heterocycles. The minimum Gasteiger partial charge on any atom is -0.201 e. The molecule has 1 heterocycles. The Kier molecular flexibility index (Phi) is 5.81. The molecule has 0 N–H and O–H groups in total. The number of pyridine rings is 1. The number of aromatic nitrogens is 1. The molecule has 0 spiro atoms. The summed E-state index contributed by atoms with van der Waals surface area (Å²) in [6, 6.07) is 33.1. The maximum atomic E-state index is 2.43. The Balaban J connectivity index is 1.67. The first kappa shape index (κ1) is 23.1. The lowest BCUT2D eigenvalue weighted by molar-refractivity contribution is -0.660. The van der Waals surface area contributed by atoms with Crippen LogP contribution in [0.5, 0.6) is 0 Å². The van der Waals surface area contributed by atoms with E-state index < -0.39 is 0 Å². The number of fused-ring (bicyclic) bond motifs is 1. The molecule has 0 atom stereocenters. The zero-order chi connectivity index (χ0) is 24.7. The highest BCUT2D eigenvalue weighted by Crippen LogP contribution is 2.39. The van der Waals surface area contributed by atoms with Crippen LogP contribution < -0.4 is 4.57 Å². The van der Waals surface area contributed by atoms with Gasteiger partial charge < -0.3 is 0 Å². The molecule has 0 amide bonds. The van der Waals surface area contributed by atoms with Crippen molar-refractivity contribution in [3.05, 3.63) is 114 Å². The van der Waals surface area contributed by atoms with Crippen LogP contribution in [0.1, 0.15) is 37.5 Å². The second kappa shape index (κ2) is 8.82. The Bertz CT molecular complexity index is 1520. The van der Waals surface area contributed by atoms with Gasteiger partial charge in [0.25, 0.3) is 0 Å². The summed E-state index contributed by atoms with van der Waals surface area (Å²) >= 11 is 0. The Morgan fingerprint density at radius 1 is 0.600 bits per heavy atom. The van der Waals surface area contributed by atoms with E-state index in [9.17, 15) is 0 Å².